The van der Waals surface area contributed by atoms with Crippen molar-refractivity contribution in [2.75, 3.05) is 24.7 Å². The number of amides is 1. The highest BCUT2D eigenvalue weighted by atomic mass is 16.6. The van der Waals surface area contributed by atoms with Crippen LogP contribution in [0.5, 0.6) is 11.5 Å². The van der Waals surface area contributed by atoms with Crippen molar-refractivity contribution >= 4 is 17.7 Å². The average Bonchev–Trinajstić information content (AvgIpc) is 3.17. The first-order chi connectivity index (χ1) is 13.7. The first kappa shape index (κ1) is 17.9. The second kappa shape index (κ2) is 8.00. The summed E-state index contributed by atoms with van der Waals surface area (Å²) in [5, 5.41) is 3.83. The average molecular weight is 376 g/mol. The summed E-state index contributed by atoms with van der Waals surface area (Å²) in [6.45, 7) is 3.16. The quantitative estimate of drug-likeness (QED) is 0.670. The molecule has 0 unspecified atom stereocenters. The predicted molar refractivity (Wildman–Crippen MR) is 106 cm³/mol. The van der Waals surface area contributed by atoms with E-state index in [1.54, 1.807) is 17.9 Å². The van der Waals surface area contributed by atoms with Gasteiger partial charge in [-0.3, -0.25) is 4.79 Å². The van der Waals surface area contributed by atoms with Crippen LogP contribution in [0.25, 0.3) is 6.08 Å². The van der Waals surface area contributed by atoms with Crippen LogP contribution in [0.3, 0.4) is 0 Å². The van der Waals surface area contributed by atoms with Crippen molar-refractivity contribution in [3.8, 4) is 11.5 Å². The molecule has 3 aromatic rings. The van der Waals surface area contributed by atoms with Crippen LogP contribution in [0.1, 0.15) is 21.8 Å². The van der Waals surface area contributed by atoms with Crippen LogP contribution in [0, 0.1) is 6.92 Å². The van der Waals surface area contributed by atoms with E-state index in [-0.39, 0.29) is 11.7 Å². The maximum absolute atomic E-state index is 13.1. The maximum atomic E-state index is 13.1. The van der Waals surface area contributed by atoms with Gasteiger partial charge in [-0.1, -0.05) is 47.6 Å². The van der Waals surface area contributed by atoms with E-state index in [0.717, 1.165) is 5.56 Å². The molecule has 0 radical (unpaired) electrons. The van der Waals surface area contributed by atoms with Crippen LogP contribution < -0.4 is 14.4 Å². The van der Waals surface area contributed by atoms with Gasteiger partial charge in [0, 0.05) is 24.4 Å². The molecular formula is C22H20N2O4. The second-order valence-corrected chi connectivity index (χ2v) is 6.39. The van der Waals surface area contributed by atoms with Gasteiger partial charge in [-0.05, 0) is 24.6 Å². The lowest BCUT2D eigenvalue weighted by molar-refractivity contribution is 0.0954. The van der Waals surface area contributed by atoms with Crippen molar-refractivity contribution in [3.63, 3.8) is 0 Å². The first-order valence-corrected chi connectivity index (χ1v) is 9.07. The zero-order valence-corrected chi connectivity index (χ0v) is 15.5. The highest BCUT2D eigenvalue weighted by Crippen LogP contribution is 2.34. The Morgan fingerprint density at radius 2 is 1.86 bits per heavy atom. The normalized spacial score (nSPS) is 12.9. The SMILES string of the molecule is Cc1cc(C(=O)N(C/C=C/c2ccccc2)c2ccc3c(c2)OCCO3)on1. The number of ether oxygens (including phenoxy) is 2. The molecule has 6 heteroatoms. The Balaban J connectivity index is 1.63. The van der Waals surface area contributed by atoms with Gasteiger partial charge in [-0.25, -0.2) is 0 Å². The molecule has 0 aliphatic carbocycles. The highest BCUT2D eigenvalue weighted by Gasteiger charge is 2.23. The van der Waals surface area contributed by atoms with Gasteiger partial charge in [0.05, 0.1) is 5.69 Å². The Hall–Kier alpha value is -3.54. The van der Waals surface area contributed by atoms with Crippen molar-refractivity contribution in [2.24, 2.45) is 0 Å². The van der Waals surface area contributed by atoms with Crippen LogP contribution in [-0.2, 0) is 0 Å². The molecule has 0 fully saturated rings. The van der Waals surface area contributed by atoms with Gasteiger partial charge in [-0.15, -0.1) is 0 Å². The summed E-state index contributed by atoms with van der Waals surface area (Å²) >= 11 is 0. The monoisotopic (exact) mass is 376 g/mol. The molecule has 6 nitrogen and oxygen atoms in total. The molecule has 0 saturated heterocycles. The van der Waals surface area contributed by atoms with E-state index < -0.39 is 0 Å². The number of carbonyl (C=O) groups excluding carboxylic acids is 1. The number of aryl methyl sites for hydroxylation is 1. The minimum atomic E-state index is -0.269. The van der Waals surface area contributed by atoms with E-state index >= 15 is 0 Å². The number of rotatable bonds is 5. The lowest BCUT2D eigenvalue weighted by Crippen LogP contribution is -2.31. The van der Waals surface area contributed by atoms with Crippen molar-refractivity contribution in [1.82, 2.24) is 5.16 Å². The Morgan fingerprint density at radius 1 is 1.07 bits per heavy atom. The molecule has 2 heterocycles. The fourth-order valence-electron chi connectivity index (χ4n) is 2.96. The second-order valence-electron chi connectivity index (χ2n) is 6.39. The summed E-state index contributed by atoms with van der Waals surface area (Å²) < 4.78 is 16.4. The van der Waals surface area contributed by atoms with E-state index in [2.05, 4.69) is 5.16 Å². The van der Waals surface area contributed by atoms with E-state index in [1.165, 1.54) is 0 Å². The van der Waals surface area contributed by atoms with Gasteiger partial charge < -0.3 is 18.9 Å². The summed E-state index contributed by atoms with van der Waals surface area (Å²) in [4.78, 5) is 14.7. The van der Waals surface area contributed by atoms with Gasteiger partial charge in [0.25, 0.3) is 5.91 Å². The lowest BCUT2D eigenvalue weighted by atomic mass is 10.2. The van der Waals surface area contributed by atoms with Crippen molar-refractivity contribution in [1.29, 1.82) is 0 Å². The third-order valence-electron chi connectivity index (χ3n) is 4.32. The molecule has 1 aliphatic rings. The Morgan fingerprint density at radius 3 is 2.61 bits per heavy atom. The molecule has 0 saturated carbocycles. The highest BCUT2D eigenvalue weighted by molar-refractivity contribution is 6.04. The summed E-state index contributed by atoms with van der Waals surface area (Å²) in [5.74, 6) is 1.23. The molecule has 4 rings (SSSR count). The van der Waals surface area contributed by atoms with Crippen LogP contribution in [0.2, 0.25) is 0 Å². The maximum Gasteiger partial charge on any atom is 0.297 e. The Labute approximate surface area is 163 Å². The number of fused-ring (bicyclic) bond motifs is 1. The van der Waals surface area contributed by atoms with Gasteiger partial charge in [-0.2, -0.15) is 0 Å². The summed E-state index contributed by atoms with van der Waals surface area (Å²) in [6.07, 6.45) is 3.91. The van der Waals surface area contributed by atoms with E-state index in [0.29, 0.717) is 42.6 Å². The van der Waals surface area contributed by atoms with E-state index in [1.807, 2.05) is 60.7 Å². The molecule has 1 aromatic heterocycles. The number of hydrogen-bond acceptors (Lipinski definition) is 5. The molecule has 0 N–H and O–H groups in total. The van der Waals surface area contributed by atoms with Crippen LogP contribution >= 0.6 is 0 Å². The molecule has 0 atom stereocenters. The van der Waals surface area contributed by atoms with E-state index in [9.17, 15) is 4.79 Å². The molecule has 2 aromatic carbocycles. The summed E-state index contributed by atoms with van der Waals surface area (Å²) in [7, 11) is 0. The molecule has 28 heavy (non-hydrogen) atoms. The van der Waals surface area contributed by atoms with Gasteiger partial charge in [0.1, 0.15) is 13.2 Å². The number of anilines is 1. The largest absolute Gasteiger partial charge is 0.486 e. The number of carbonyl (C=O) groups is 1. The van der Waals surface area contributed by atoms with Crippen LogP contribution in [-0.4, -0.2) is 30.8 Å². The first-order valence-electron chi connectivity index (χ1n) is 9.07. The molecule has 1 amide bonds. The zero-order chi connectivity index (χ0) is 19.3. The minimum absolute atomic E-state index is 0.195. The van der Waals surface area contributed by atoms with Gasteiger partial charge in [0.15, 0.2) is 11.5 Å². The number of hydrogen-bond donors (Lipinski definition) is 0. The van der Waals surface area contributed by atoms with Gasteiger partial charge in [0.2, 0.25) is 5.76 Å². The van der Waals surface area contributed by atoms with Crippen LogP contribution in [0.15, 0.2) is 65.2 Å². The number of aromatic nitrogens is 1. The smallest absolute Gasteiger partial charge is 0.297 e. The van der Waals surface area contributed by atoms with Crippen molar-refractivity contribution in [2.45, 2.75) is 6.92 Å². The van der Waals surface area contributed by atoms with Crippen molar-refractivity contribution in [3.05, 3.63) is 77.7 Å². The topological polar surface area (TPSA) is 64.8 Å². The third kappa shape index (κ3) is 3.91. The van der Waals surface area contributed by atoms with E-state index in [4.69, 9.17) is 14.0 Å². The Kier molecular flexibility index (Phi) is 5.10. The Bertz CT molecular complexity index is 995. The molecule has 0 bridgehead atoms. The summed E-state index contributed by atoms with van der Waals surface area (Å²) in [5.41, 5.74) is 2.42. The summed E-state index contributed by atoms with van der Waals surface area (Å²) in [6, 6.07) is 17.0. The minimum Gasteiger partial charge on any atom is -0.486 e. The fraction of sp³-hybridized carbons (Fsp3) is 0.182. The van der Waals surface area contributed by atoms with Crippen molar-refractivity contribution < 1.29 is 18.8 Å². The molecule has 1 aliphatic heterocycles. The number of benzene rings is 2. The predicted octanol–water partition coefficient (Wildman–Crippen LogP) is 4.11. The number of nitrogens with zero attached hydrogens (tertiary/aromatic N) is 2. The fourth-order valence-corrected chi connectivity index (χ4v) is 2.96. The van der Waals surface area contributed by atoms with Crippen LogP contribution in [0.4, 0.5) is 5.69 Å². The molecular weight excluding hydrogens is 356 g/mol. The lowest BCUT2D eigenvalue weighted by Gasteiger charge is -2.23. The molecule has 0 spiro atoms. The third-order valence-corrected chi connectivity index (χ3v) is 4.32. The zero-order valence-electron chi connectivity index (χ0n) is 15.5. The standard InChI is InChI=1S/C22H20N2O4/c1-16-14-21(28-23-16)22(25)24(11-5-8-17-6-3-2-4-7-17)18-9-10-19-20(15-18)27-13-12-26-19/h2-10,14-15H,11-13H2,1H3/b8-5+. The molecule has 142 valence electrons. The van der Waals surface area contributed by atoms with Gasteiger partial charge >= 0.3 is 0 Å².